The molecule has 24 heavy (non-hydrogen) atoms. The molecule has 124 valence electrons. The highest BCUT2D eigenvalue weighted by atomic mass is 35.5. The molecule has 1 aromatic heterocycles. The highest BCUT2D eigenvalue weighted by Crippen LogP contribution is 2.34. The Balaban J connectivity index is 1.95. The maximum atomic E-state index is 12.5. The third-order valence-corrected chi connectivity index (χ3v) is 5.19. The summed E-state index contributed by atoms with van der Waals surface area (Å²) >= 11 is 19.5. The van der Waals surface area contributed by atoms with Crippen molar-refractivity contribution < 1.29 is 9.53 Å². The first kappa shape index (κ1) is 17.3. The summed E-state index contributed by atoms with van der Waals surface area (Å²) in [6.45, 7) is 1.92. The Kier molecular flexibility index (Phi) is 4.88. The second-order valence-corrected chi connectivity index (χ2v) is 7.29. The summed E-state index contributed by atoms with van der Waals surface area (Å²) in [6, 6.07) is 6.72. The summed E-state index contributed by atoms with van der Waals surface area (Å²) in [5.74, 6) is -0.142. The number of carbonyl (C=O) groups is 1. The van der Waals surface area contributed by atoms with Gasteiger partial charge in [0.25, 0.3) is 5.91 Å². The molecule has 0 spiro atoms. The van der Waals surface area contributed by atoms with Crippen molar-refractivity contribution in [1.82, 2.24) is 4.98 Å². The molecule has 1 amide bonds. The Morgan fingerprint density at radius 1 is 1.17 bits per heavy atom. The van der Waals surface area contributed by atoms with Gasteiger partial charge >= 0.3 is 0 Å². The van der Waals surface area contributed by atoms with E-state index in [-0.39, 0.29) is 16.3 Å². The minimum atomic E-state index is -0.405. The fraction of sp³-hybridized carbons (Fsp3) is 0.125. The number of hydrogen-bond donors (Lipinski definition) is 1. The van der Waals surface area contributed by atoms with Crippen molar-refractivity contribution in [3.05, 3.63) is 50.5 Å². The molecule has 0 saturated heterocycles. The quantitative estimate of drug-likeness (QED) is 0.601. The number of aryl methyl sites for hydroxylation is 1. The molecule has 0 atom stereocenters. The standard InChI is InChI=1S/C16H11Cl3N2O2S/c1-7-3-13-12(6-10(7)18)20-16(24-13)21-15(22)9-4-8(17)5-11(19)14(9)23-2/h3-6H,1-2H3,(H,20,21,22). The van der Waals surface area contributed by atoms with E-state index in [1.165, 1.54) is 30.6 Å². The van der Waals surface area contributed by atoms with Gasteiger partial charge in [-0.1, -0.05) is 46.1 Å². The minimum Gasteiger partial charge on any atom is -0.494 e. The number of amides is 1. The molecule has 0 fully saturated rings. The van der Waals surface area contributed by atoms with Gasteiger partial charge in [-0.3, -0.25) is 10.1 Å². The summed E-state index contributed by atoms with van der Waals surface area (Å²) in [4.78, 5) is 16.9. The van der Waals surface area contributed by atoms with Crippen molar-refractivity contribution in [2.45, 2.75) is 6.92 Å². The maximum Gasteiger partial charge on any atom is 0.261 e. The molecule has 0 saturated carbocycles. The first-order chi connectivity index (χ1) is 11.4. The van der Waals surface area contributed by atoms with Crippen LogP contribution in [0.1, 0.15) is 15.9 Å². The molecular weight excluding hydrogens is 391 g/mol. The van der Waals surface area contributed by atoms with Crippen LogP contribution in [0.3, 0.4) is 0 Å². The second kappa shape index (κ2) is 6.76. The molecule has 3 aromatic rings. The molecule has 3 rings (SSSR count). The van der Waals surface area contributed by atoms with Gasteiger partial charge in [0.15, 0.2) is 5.13 Å². The number of anilines is 1. The number of ether oxygens (including phenoxy) is 1. The van der Waals surface area contributed by atoms with E-state index in [0.717, 1.165) is 15.8 Å². The average molecular weight is 402 g/mol. The number of methoxy groups -OCH3 is 1. The van der Waals surface area contributed by atoms with Crippen LogP contribution in [0.25, 0.3) is 10.2 Å². The summed E-state index contributed by atoms with van der Waals surface area (Å²) in [7, 11) is 1.44. The normalized spacial score (nSPS) is 10.9. The van der Waals surface area contributed by atoms with Gasteiger partial charge in [-0.25, -0.2) is 4.98 Å². The number of carbonyl (C=O) groups excluding carboxylic acids is 1. The van der Waals surface area contributed by atoms with Gasteiger partial charge in [-0.15, -0.1) is 0 Å². The minimum absolute atomic E-state index is 0.239. The predicted molar refractivity (Wildman–Crippen MR) is 100 cm³/mol. The smallest absolute Gasteiger partial charge is 0.261 e. The van der Waals surface area contributed by atoms with Gasteiger partial charge in [-0.05, 0) is 36.8 Å². The van der Waals surface area contributed by atoms with E-state index in [1.807, 2.05) is 13.0 Å². The lowest BCUT2D eigenvalue weighted by Crippen LogP contribution is -2.13. The van der Waals surface area contributed by atoms with E-state index in [9.17, 15) is 4.79 Å². The fourth-order valence-corrected chi connectivity index (χ4v) is 3.87. The summed E-state index contributed by atoms with van der Waals surface area (Å²) in [5.41, 5.74) is 1.92. The number of hydrogen-bond acceptors (Lipinski definition) is 4. The van der Waals surface area contributed by atoms with E-state index >= 15 is 0 Å². The Morgan fingerprint density at radius 2 is 1.92 bits per heavy atom. The number of halogens is 3. The Hall–Kier alpha value is -1.53. The molecule has 0 aliphatic rings. The molecule has 0 unspecified atom stereocenters. The van der Waals surface area contributed by atoms with E-state index in [4.69, 9.17) is 39.5 Å². The molecule has 8 heteroatoms. The number of nitrogens with zero attached hydrogens (tertiary/aromatic N) is 1. The lowest BCUT2D eigenvalue weighted by atomic mass is 10.2. The topological polar surface area (TPSA) is 51.2 Å². The molecule has 0 aliphatic carbocycles. The van der Waals surface area contributed by atoms with E-state index in [0.29, 0.717) is 15.2 Å². The maximum absolute atomic E-state index is 12.5. The number of thiazole rings is 1. The number of benzene rings is 2. The van der Waals surface area contributed by atoms with Crippen LogP contribution in [0, 0.1) is 6.92 Å². The third kappa shape index (κ3) is 3.30. The van der Waals surface area contributed by atoms with Crippen molar-refractivity contribution in [2.75, 3.05) is 12.4 Å². The van der Waals surface area contributed by atoms with Gasteiger partial charge in [0.1, 0.15) is 5.75 Å². The lowest BCUT2D eigenvalue weighted by molar-refractivity contribution is 0.102. The number of aromatic nitrogens is 1. The SMILES string of the molecule is COc1c(Cl)cc(Cl)cc1C(=O)Nc1nc2cc(Cl)c(C)cc2s1. The summed E-state index contributed by atoms with van der Waals surface area (Å²) in [6.07, 6.45) is 0. The van der Waals surface area contributed by atoms with Crippen LogP contribution >= 0.6 is 46.1 Å². The van der Waals surface area contributed by atoms with Gasteiger partial charge in [0, 0.05) is 10.0 Å². The van der Waals surface area contributed by atoms with Crippen molar-refractivity contribution in [3.8, 4) is 5.75 Å². The number of rotatable bonds is 3. The number of fused-ring (bicyclic) bond motifs is 1. The monoisotopic (exact) mass is 400 g/mol. The zero-order valence-corrected chi connectivity index (χ0v) is 15.7. The molecular formula is C16H11Cl3N2O2S. The molecule has 2 aromatic carbocycles. The Labute approximate surface area is 157 Å². The Bertz CT molecular complexity index is 917. The van der Waals surface area contributed by atoms with Crippen LogP contribution < -0.4 is 10.1 Å². The van der Waals surface area contributed by atoms with Crippen LogP contribution in [0.5, 0.6) is 5.75 Å². The van der Waals surface area contributed by atoms with Crippen LogP contribution in [-0.4, -0.2) is 18.0 Å². The zero-order chi connectivity index (χ0) is 17.4. The van der Waals surface area contributed by atoms with Gasteiger partial charge < -0.3 is 4.74 Å². The largest absolute Gasteiger partial charge is 0.494 e. The van der Waals surface area contributed by atoms with Gasteiger partial charge in [0.2, 0.25) is 0 Å². The van der Waals surface area contributed by atoms with Crippen LogP contribution in [0.4, 0.5) is 5.13 Å². The highest BCUT2D eigenvalue weighted by molar-refractivity contribution is 7.22. The summed E-state index contributed by atoms with van der Waals surface area (Å²) in [5, 5.41) is 4.44. The van der Waals surface area contributed by atoms with E-state index < -0.39 is 5.91 Å². The first-order valence-electron chi connectivity index (χ1n) is 6.80. The number of nitrogens with one attached hydrogen (secondary N) is 1. The average Bonchev–Trinajstić information content (AvgIpc) is 2.88. The molecule has 0 bridgehead atoms. The predicted octanol–water partition coefficient (Wildman–Crippen LogP) is 5.83. The molecule has 1 heterocycles. The Morgan fingerprint density at radius 3 is 2.62 bits per heavy atom. The second-order valence-electron chi connectivity index (χ2n) is 5.01. The van der Waals surface area contributed by atoms with E-state index in [1.54, 1.807) is 6.07 Å². The first-order valence-corrected chi connectivity index (χ1v) is 8.75. The highest BCUT2D eigenvalue weighted by Gasteiger charge is 2.18. The molecule has 0 radical (unpaired) electrons. The molecule has 4 nitrogen and oxygen atoms in total. The lowest BCUT2D eigenvalue weighted by Gasteiger charge is -2.10. The van der Waals surface area contributed by atoms with Crippen LogP contribution in [0.15, 0.2) is 24.3 Å². The fourth-order valence-electron chi connectivity index (χ4n) is 2.20. The van der Waals surface area contributed by atoms with Crippen molar-refractivity contribution in [3.63, 3.8) is 0 Å². The van der Waals surface area contributed by atoms with Crippen molar-refractivity contribution >= 4 is 67.4 Å². The van der Waals surface area contributed by atoms with Crippen LogP contribution in [-0.2, 0) is 0 Å². The van der Waals surface area contributed by atoms with Crippen molar-refractivity contribution in [2.24, 2.45) is 0 Å². The van der Waals surface area contributed by atoms with Gasteiger partial charge in [0.05, 0.1) is 27.9 Å². The molecule has 0 aliphatic heterocycles. The van der Waals surface area contributed by atoms with E-state index in [2.05, 4.69) is 10.3 Å². The van der Waals surface area contributed by atoms with Crippen molar-refractivity contribution in [1.29, 1.82) is 0 Å². The zero-order valence-electron chi connectivity index (χ0n) is 12.6. The van der Waals surface area contributed by atoms with Crippen LogP contribution in [0.2, 0.25) is 15.1 Å². The van der Waals surface area contributed by atoms with Gasteiger partial charge in [-0.2, -0.15) is 0 Å². The summed E-state index contributed by atoms with van der Waals surface area (Å²) < 4.78 is 6.13. The molecule has 1 N–H and O–H groups in total. The third-order valence-electron chi connectivity index (χ3n) is 3.35.